The van der Waals surface area contributed by atoms with Gasteiger partial charge in [-0.1, -0.05) is 50.2 Å². The topological polar surface area (TPSA) is 27.7 Å². The van der Waals surface area contributed by atoms with Gasteiger partial charge in [0.25, 0.3) is 0 Å². The molecule has 0 aromatic heterocycles. The first-order valence-corrected chi connectivity index (χ1v) is 13.6. The maximum absolute atomic E-state index is 5.85. The van der Waals surface area contributed by atoms with E-state index in [9.17, 15) is 0 Å². The zero-order valence-electron chi connectivity index (χ0n) is 21.1. The van der Waals surface area contributed by atoms with Crippen LogP contribution in [-0.2, 0) is 13.0 Å². The molecule has 2 aromatic carbocycles. The molecule has 0 bridgehead atoms. The predicted octanol–water partition coefficient (Wildman–Crippen LogP) is 5.14. The van der Waals surface area contributed by atoms with Crippen molar-refractivity contribution in [2.24, 2.45) is 5.41 Å². The summed E-state index contributed by atoms with van der Waals surface area (Å²) < 4.78 is 5.85. The number of hydrogen-bond donors (Lipinski definition) is 1. The molecule has 3 aliphatic heterocycles. The summed E-state index contributed by atoms with van der Waals surface area (Å²) in [6, 6.07) is 17.4. The second-order valence-corrected chi connectivity index (χ2v) is 11.6. The van der Waals surface area contributed by atoms with Gasteiger partial charge in [0.05, 0.1) is 6.61 Å². The molecule has 1 N–H and O–H groups in total. The van der Waals surface area contributed by atoms with Crippen molar-refractivity contribution in [3.63, 3.8) is 0 Å². The highest BCUT2D eigenvalue weighted by molar-refractivity contribution is 5.40. The lowest BCUT2D eigenvalue weighted by molar-refractivity contribution is -0.0650. The van der Waals surface area contributed by atoms with Crippen molar-refractivity contribution in [3.8, 4) is 5.75 Å². The lowest BCUT2D eigenvalue weighted by Crippen LogP contribution is -2.59. The number of fused-ring (bicyclic) bond motifs is 1. The fourth-order valence-electron chi connectivity index (χ4n) is 7.16. The van der Waals surface area contributed by atoms with Crippen molar-refractivity contribution in [1.29, 1.82) is 0 Å². The molecule has 0 radical (unpaired) electrons. The minimum atomic E-state index is 0.488. The summed E-state index contributed by atoms with van der Waals surface area (Å²) in [5.74, 6) is 1.67. The highest BCUT2D eigenvalue weighted by atomic mass is 16.5. The molecule has 6 rings (SSSR count). The van der Waals surface area contributed by atoms with Crippen molar-refractivity contribution in [3.05, 3.63) is 64.7 Å². The highest BCUT2D eigenvalue weighted by Crippen LogP contribution is 2.52. The molecule has 182 valence electrons. The van der Waals surface area contributed by atoms with Crippen LogP contribution in [0.3, 0.4) is 0 Å². The van der Waals surface area contributed by atoms with Crippen LogP contribution in [0.1, 0.15) is 73.7 Å². The third kappa shape index (κ3) is 4.29. The van der Waals surface area contributed by atoms with Crippen LogP contribution in [0.25, 0.3) is 0 Å². The Kier molecular flexibility index (Phi) is 6.17. The SMILES string of the molecule is CC(C)c1ccccc1C1CN(Cc2ccc3c(c2)OCC3)CCN1C1CC2(CCNCC2)C1. The maximum Gasteiger partial charge on any atom is 0.122 e. The molecular formula is C30H41N3O. The number of nitrogens with one attached hydrogen (secondary N) is 1. The Morgan fingerprint density at radius 1 is 1.06 bits per heavy atom. The van der Waals surface area contributed by atoms with Gasteiger partial charge in [-0.15, -0.1) is 0 Å². The minimum absolute atomic E-state index is 0.488. The van der Waals surface area contributed by atoms with Crippen molar-refractivity contribution in [1.82, 2.24) is 15.1 Å². The Morgan fingerprint density at radius 3 is 2.71 bits per heavy atom. The summed E-state index contributed by atoms with van der Waals surface area (Å²) in [7, 11) is 0. The van der Waals surface area contributed by atoms with E-state index in [1.165, 1.54) is 62.0 Å². The van der Waals surface area contributed by atoms with E-state index in [-0.39, 0.29) is 0 Å². The van der Waals surface area contributed by atoms with Gasteiger partial charge in [0.2, 0.25) is 0 Å². The Morgan fingerprint density at radius 2 is 1.88 bits per heavy atom. The van der Waals surface area contributed by atoms with Gasteiger partial charge in [0.15, 0.2) is 0 Å². The normalized spacial score (nSPS) is 25.3. The van der Waals surface area contributed by atoms with Gasteiger partial charge in [0, 0.05) is 44.7 Å². The lowest BCUT2D eigenvalue weighted by atomic mass is 9.60. The number of ether oxygens (including phenoxy) is 1. The zero-order valence-corrected chi connectivity index (χ0v) is 21.1. The number of piperazine rings is 1. The highest BCUT2D eigenvalue weighted by Gasteiger charge is 2.49. The smallest absolute Gasteiger partial charge is 0.122 e. The van der Waals surface area contributed by atoms with Crippen molar-refractivity contribution in [2.75, 3.05) is 39.3 Å². The van der Waals surface area contributed by atoms with Crippen molar-refractivity contribution >= 4 is 0 Å². The first-order chi connectivity index (χ1) is 16.6. The van der Waals surface area contributed by atoms with Crippen molar-refractivity contribution in [2.45, 2.75) is 70.5 Å². The van der Waals surface area contributed by atoms with E-state index >= 15 is 0 Å². The van der Waals surface area contributed by atoms with Gasteiger partial charge in [-0.3, -0.25) is 9.80 Å². The molecule has 3 heterocycles. The van der Waals surface area contributed by atoms with Gasteiger partial charge in [-0.05, 0) is 78.4 Å². The molecule has 4 heteroatoms. The van der Waals surface area contributed by atoms with E-state index < -0.39 is 0 Å². The van der Waals surface area contributed by atoms with Crippen LogP contribution in [0.4, 0.5) is 0 Å². The van der Waals surface area contributed by atoms with E-state index in [0.29, 0.717) is 17.4 Å². The Balaban J connectivity index is 1.23. The molecule has 1 unspecified atom stereocenters. The lowest BCUT2D eigenvalue weighted by Gasteiger charge is -2.57. The molecule has 1 atom stereocenters. The summed E-state index contributed by atoms with van der Waals surface area (Å²) in [6.45, 7) is 12.4. The summed E-state index contributed by atoms with van der Waals surface area (Å²) in [4.78, 5) is 5.59. The Hall–Kier alpha value is -1.88. The fraction of sp³-hybridized carbons (Fsp3) is 0.600. The molecule has 1 saturated carbocycles. The molecule has 4 nitrogen and oxygen atoms in total. The molecule has 3 fully saturated rings. The summed E-state index contributed by atoms with van der Waals surface area (Å²) in [5.41, 5.74) is 6.47. The van der Waals surface area contributed by atoms with Crippen LogP contribution in [0, 0.1) is 5.41 Å². The van der Waals surface area contributed by atoms with Gasteiger partial charge in [0.1, 0.15) is 5.75 Å². The van der Waals surface area contributed by atoms with Gasteiger partial charge in [-0.25, -0.2) is 0 Å². The summed E-state index contributed by atoms with van der Waals surface area (Å²) in [5, 5.41) is 3.57. The monoisotopic (exact) mass is 459 g/mol. The van der Waals surface area contributed by atoms with E-state index in [4.69, 9.17) is 4.74 Å². The first-order valence-electron chi connectivity index (χ1n) is 13.6. The van der Waals surface area contributed by atoms with E-state index in [2.05, 4.69) is 71.4 Å². The predicted molar refractivity (Wildman–Crippen MR) is 138 cm³/mol. The minimum Gasteiger partial charge on any atom is -0.493 e. The fourth-order valence-corrected chi connectivity index (χ4v) is 7.16. The zero-order chi connectivity index (χ0) is 23.1. The number of benzene rings is 2. The Labute approximate surface area is 205 Å². The number of nitrogens with zero attached hydrogens (tertiary/aromatic N) is 2. The summed E-state index contributed by atoms with van der Waals surface area (Å²) in [6.07, 6.45) is 6.60. The van der Waals surface area contributed by atoms with E-state index in [1.807, 2.05) is 0 Å². The first kappa shape index (κ1) is 22.6. The van der Waals surface area contributed by atoms with Gasteiger partial charge in [-0.2, -0.15) is 0 Å². The van der Waals surface area contributed by atoms with Crippen LogP contribution in [-0.4, -0.2) is 55.2 Å². The average Bonchev–Trinajstić information content (AvgIpc) is 3.31. The largest absolute Gasteiger partial charge is 0.493 e. The van der Waals surface area contributed by atoms with E-state index in [0.717, 1.165) is 44.5 Å². The van der Waals surface area contributed by atoms with Crippen LogP contribution < -0.4 is 10.1 Å². The third-order valence-electron chi connectivity index (χ3n) is 9.12. The Bertz CT molecular complexity index is 1000. The molecule has 2 aromatic rings. The summed E-state index contributed by atoms with van der Waals surface area (Å²) >= 11 is 0. The number of rotatable bonds is 5. The standard InChI is InChI=1S/C30H41N3O/c1-22(2)26-5-3-4-6-27(26)28-21-32(20-23-7-8-24-9-16-34-29(24)17-23)14-15-33(28)25-18-30(19-25)10-12-31-13-11-30/h3-8,17,22,25,28,31H,9-16,18-21H2,1-2H3. The molecule has 0 amide bonds. The van der Waals surface area contributed by atoms with E-state index in [1.54, 1.807) is 5.56 Å². The van der Waals surface area contributed by atoms with Gasteiger partial charge >= 0.3 is 0 Å². The molecule has 1 aliphatic carbocycles. The van der Waals surface area contributed by atoms with Crippen LogP contribution in [0.2, 0.25) is 0 Å². The maximum atomic E-state index is 5.85. The molecular weight excluding hydrogens is 418 g/mol. The average molecular weight is 460 g/mol. The van der Waals surface area contributed by atoms with Gasteiger partial charge < -0.3 is 10.1 Å². The van der Waals surface area contributed by atoms with Crippen molar-refractivity contribution < 1.29 is 4.74 Å². The third-order valence-corrected chi connectivity index (χ3v) is 9.12. The number of hydrogen-bond acceptors (Lipinski definition) is 4. The molecule has 2 saturated heterocycles. The quantitative estimate of drug-likeness (QED) is 0.670. The molecule has 4 aliphatic rings. The molecule has 34 heavy (non-hydrogen) atoms. The van der Waals surface area contributed by atoms with Crippen LogP contribution in [0.5, 0.6) is 5.75 Å². The second kappa shape index (κ2) is 9.29. The second-order valence-electron chi connectivity index (χ2n) is 11.6. The molecule has 1 spiro atoms. The van der Waals surface area contributed by atoms with Crippen LogP contribution in [0.15, 0.2) is 42.5 Å². The van der Waals surface area contributed by atoms with Crippen LogP contribution >= 0.6 is 0 Å². The number of piperidine rings is 1.